The summed E-state index contributed by atoms with van der Waals surface area (Å²) in [5.41, 5.74) is 0. The quantitative estimate of drug-likeness (QED) is 0.744. The lowest BCUT2D eigenvalue weighted by atomic mass is 10.2. The van der Waals surface area contributed by atoms with Crippen molar-refractivity contribution in [3.8, 4) is 5.75 Å². The summed E-state index contributed by atoms with van der Waals surface area (Å²) < 4.78 is 22.8. The van der Waals surface area contributed by atoms with Crippen molar-refractivity contribution in [2.45, 2.75) is 18.9 Å². The number of methoxy groups -OCH3 is 1. The van der Waals surface area contributed by atoms with Gasteiger partial charge in [-0.05, 0) is 25.0 Å². The Morgan fingerprint density at radius 3 is 2.88 bits per heavy atom. The molecule has 1 aromatic carbocycles. The second kappa shape index (κ2) is 6.85. The van der Waals surface area contributed by atoms with Gasteiger partial charge in [0.1, 0.15) is 11.6 Å². The minimum atomic E-state index is -0.988. The normalized spacial score (nSPS) is 12.1. The molecule has 0 aliphatic rings. The van der Waals surface area contributed by atoms with Crippen LogP contribution in [0.3, 0.4) is 0 Å². The molecule has 5 heteroatoms. The minimum Gasteiger partial charge on any atom is -0.493 e. The predicted octanol–water partition coefficient (Wildman–Crippen LogP) is 2.08. The molecule has 0 aliphatic heterocycles. The van der Waals surface area contributed by atoms with Crippen LogP contribution in [0.25, 0.3) is 0 Å². The van der Waals surface area contributed by atoms with E-state index in [1.165, 1.54) is 19.2 Å². The number of aliphatic carboxylic acids is 1. The van der Waals surface area contributed by atoms with Crippen LogP contribution in [0.1, 0.15) is 12.8 Å². The van der Waals surface area contributed by atoms with Crippen molar-refractivity contribution in [2.75, 3.05) is 13.7 Å². The molecule has 0 radical (unpaired) electrons. The van der Waals surface area contributed by atoms with Gasteiger partial charge in [0.05, 0.1) is 6.61 Å². The highest BCUT2D eigenvalue weighted by Crippen LogP contribution is 2.12. The zero-order valence-electron chi connectivity index (χ0n) is 9.56. The van der Waals surface area contributed by atoms with Crippen molar-refractivity contribution >= 4 is 5.97 Å². The average Bonchev–Trinajstić information content (AvgIpc) is 2.28. The molecule has 0 heterocycles. The van der Waals surface area contributed by atoms with Crippen molar-refractivity contribution in [2.24, 2.45) is 0 Å². The molecule has 1 rings (SSSR count). The van der Waals surface area contributed by atoms with Gasteiger partial charge in [-0.3, -0.25) is 0 Å². The first-order valence-electron chi connectivity index (χ1n) is 5.27. The van der Waals surface area contributed by atoms with Crippen molar-refractivity contribution < 1.29 is 23.8 Å². The van der Waals surface area contributed by atoms with E-state index in [0.717, 1.165) is 0 Å². The van der Waals surface area contributed by atoms with Crippen LogP contribution in [0.2, 0.25) is 0 Å². The molecular weight excluding hydrogens is 227 g/mol. The van der Waals surface area contributed by atoms with Gasteiger partial charge < -0.3 is 14.6 Å². The highest BCUT2D eigenvalue weighted by molar-refractivity contribution is 5.72. The number of carboxylic acids is 1. The standard InChI is InChI=1S/C12H15FO4/c1-16-11(12(14)15)6-3-7-17-10-5-2-4-9(13)8-10/h2,4-5,8,11H,3,6-7H2,1H3,(H,14,15). The molecule has 0 spiro atoms. The Kier molecular flexibility index (Phi) is 5.42. The van der Waals surface area contributed by atoms with E-state index in [9.17, 15) is 9.18 Å². The van der Waals surface area contributed by atoms with Crippen LogP contribution in [-0.2, 0) is 9.53 Å². The van der Waals surface area contributed by atoms with Gasteiger partial charge in [0, 0.05) is 13.2 Å². The van der Waals surface area contributed by atoms with Gasteiger partial charge in [-0.2, -0.15) is 0 Å². The maximum atomic E-state index is 12.8. The molecule has 0 amide bonds. The molecule has 4 nitrogen and oxygen atoms in total. The molecule has 1 N–H and O–H groups in total. The molecule has 1 atom stereocenters. The van der Waals surface area contributed by atoms with Gasteiger partial charge in [-0.15, -0.1) is 0 Å². The topological polar surface area (TPSA) is 55.8 Å². The van der Waals surface area contributed by atoms with Gasteiger partial charge in [-0.25, -0.2) is 9.18 Å². The fraction of sp³-hybridized carbons (Fsp3) is 0.417. The molecule has 0 fully saturated rings. The lowest BCUT2D eigenvalue weighted by molar-refractivity contribution is -0.148. The van der Waals surface area contributed by atoms with E-state index >= 15 is 0 Å². The fourth-order valence-corrected chi connectivity index (χ4v) is 1.36. The van der Waals surface area contributed by atoms with E-state index in [1.54, 1.807) is 12.1 Å². The number of hydrogen-bond donors (Lipinski definition) is 1. The SMILES string of the molecule is COC(CCCOc1cccc(F)c1)C(=O)O. The third-order valence-electron chi connectivity index (χ3n) is 2.24. The first-order valence-corrected chi connectivity index (χ1v) is 5.27. The molecule has 0 aromatic heterocycles. The molecule has 0 saturated heterocycles. The summed E-state index contributed by atoms with van der Waals surface area (Å²) >= 11 is 0. The number of hydrogen-bond acceptors (Lipinski definition) is 3. The van der Waals surface area contributed by atoms with E-state index in [4.69, 9.17) is 14.6 Å². The van der Waals surface area contributed by atoms with E-state index in [1.807, 2.05) is 0 Å². The van der Waals surface area contributed by atoms with Crippen LogP contribution >= 0.6 is 0 Å². The zero-order chi connectivity index (χ0) is 12.7. The van der Waals surface area contributed by atoms with Crippen LogP contribution in [0.4, 0.5) is 4.39 Å². The Balaban J connectivity index is 2.26. The van der Waals surface area contributed by atoms with Gasteiger partial charge >= 0.3 is 5.97 Å². The summed E-state index contributed by atoms with van der Waals surface area (Å²) in [6, 6.07) is 5.82. The van der Waals surface area contributed by atoms with Crippen molar-refractivity contribution in [1.29, 1.82) is 0 Å². The van der Waals surface area contributed by atoms with Crippen molar-refractivity contribution in [3.63, 3.8) is 0 Å². The third-order valence-corrected chi connectivity index (χ3v) is 2.24. The van der Waals surface area contributed by atoms with Gasteiger partial charge in [-0.1, -0.05) is 6.07 Å². The van der Waals surface area contributed by atoms with Gasteiger partial charge in [0.2, 0.25) is 0 Å². The number of carbonyl (C=O) groups is 1. The first-order chi connectivity index (χ1) is 8.13. The van der Waals surface area contributed by atoms with Crippen LogP contribution in [-0.4, -0.2) is 30.9 Å². The summed E-state index contributed by atoms with van der Waals surface area (Å²) in [5.74, 6) is -0.907. The summed E-state index contributed by atoms with van der Waals surface area (Å²) in [5, 5.41) is 8.71. The zero-order valence-corrected chi connectivity index (χ0v) is 9.56. The lowest BCUT2D eigenvalue weighted by Gasteiger charge is -2.10. The van der Waals surface area contributed by atoms with Crippen LogP contribution < -0.4 is 4.74 Å². The predicted molar refractivity (Wildman–Crippen MR) is 59.6 cm³/mol. The largest absolute Gasteiger partial charge is 0.493 e. The fourth-order valence-electron chi connectivity index (χ4n) is 1.36. The third kappa shape index (κ3) is 4.82. The highest BCUT2D eigenvalue weighted by atomic mass is 19.1. The lowest BCUT2D eigenvalue weighted by Crippen LogP contribution is -2.22. The Labute approximate surface area is 99.0 Å². The number of benzene rings is 1. The molecule has 0 saturated carbocycles. The Bertz CT molecular complexity index is 367. The minimum absolute atomic E-state index is 0.330. The second-order valence-corrected chi connectivity index (χ2v) is 3.51. The molecule has 94 valence electrons. The molecule has 0 bridgehead atoms. The summed E-state index contributed by atoms with van der Waals surface area (Å²) in [6.07, 6.45) is 0.0776. The Morgan fingerprint density at radius 2 is 2.29 bits per heavy atom. The first kappa shape index (κ1) is 13.4. The number of halogens is 1. The summed E-state index contributed by atoms with van der Waals surface area (Å²) in [6.45, 7) is 0.330. The number of rotatable bonds is 7. The van der Waals surface area contributed by atoms with E-state index in [0.29, 0.717) is 25.2 Å². The van der Waals surface area contributed by atoms with Crippen LogP contribution in [0.15, 0.2) is 24.3 Å². The van der Waals surface area contributed by atoms with Crippen LogP contribution in [0, 0.1) is 5.82 Å². The summed E-state index contributed by atoms with van der Waals surface area (Å²) in [4.78, 5) is 10.6. The summed E-state index contributed by atoms with van der Waals surface area (Å²) in [7, 11) is 1.35. The van der Waals surface area contributed by atoms with E-state index in [2.05, 4.69) is 0 Å². The number of carboxylic acid groups (broad SMARTS) is 1. The van der Waals surface area contributed by atoms with Crippen molar-refractivity contribution in [1.82, 2.24) is 0 Å². The second-order valence-electron chi connectivity index (χ2n) is 3.51. The molecule has 1 aromatic rings. The molecule has 0 aliphatic carbocycles. The van der Waals surface area contributed by atoms with Crippen LogP contribution in [0.5, 0.6) is 5.75 Å². The molecule has 17 heavy (non-hydrogen) atoms. The maximum absolute atomic E-state index is 12.8. The average molecular weight is 242 g/mol. The van der Waals surface area contributed by atoms with Gasteiger partial charge in [0.15, 0.2) is 6.10 Å². The monoisotopic (exact) mass is 242 g/mol. The Morgan fingerprint density at radius 1 is 1.53 bits per heavy atom. The molecular formula is C12H15FO4. The maximum Gasteiger partial charge on any atom is 0.332 e. The van der Waals surface area contributed by atoms with E-state index < -0.39 is 12.1 Å². The smallest absolute Gasteiger partial charge is 0.332 e. The van der Waals surface area contributed by atoms with Gasteiger partial charge in [0.25, 0.3) is 0 Å². The Hall–Kier alpha value is -1.62. The highest BCUT2D eigenvalue weighted by Gasteiger charge is 2.15. The number of ether oxygens (including phenoxy) is 2. The van der Waals surface area contributed by atoms with Crippen molar-refractivity contribution in [3.05, 3.63) is 30.1 Å². The molecule has 1 unspecified atom stereocenters. The van der Waals surface area contributed by atoms with E-state index in [-0.39, 0.29) is 5.82 Å².